The van der Waals surface area contributed by atoms with Crippen molar-refractivity contribution in [1.82, 2.24) is 0 Å². The summed E-state index contributed by atoms with van der Waals surface area (Å²) in [6, 6.07) is 16.6. The summed E-state index contributed by atoms with van der Waals surface area (Å²) < 4.78 is 77.7. The largest absolute Gasteiger partial charge is 0.454 e. The minimum absolute atomic E-state index is 0.0526. The molecule has 3 aromatic carbocycles. The van der Waals surface area contributed by atoms with Crippen LogP contribution in [0.1, 0.15) is 17.0 Å². The van der Waals surface area contributed by atoms with Gasteiger partial charge in [0.2, 0.25) is 0 Å². The highest BCUT2D eigenvalue weighted by atomic mass is 19.4. The van der Waals surface area contributed by atoms with Crippen LogP contribution in [0.15, 0.2) is 72.8 Å². The van der Waals surface area contributed by atoms with Crippen molar-refractivity contribution in [2.24, 2.45) is 0 Å². The summed E-state index contributed by atoms with van der Waals surface area (Å²) in [6.07, 6.45) is -4.55. The van der Waals surface area contributed by atoms with Crippen molar-refractivity contribution < 1.29 is 31.4 Å². The summed E-state index contributed by atoms with van der Waals surface area (Å²) in [6.45, 7) is -0.819. The predicted molar refractivity (Wildman–Crippen MR) is 97.8 cm³/mol. The molecule has 0 saturated carbocycles. The van der Waals surface area contributed by atoms with Gasteiger partial charge in [0.15, 0.2) is 11.6 Å². The van der Waals surface area contributed by atoms with Gasteiger partial charge in [-0.2, -0.15) is 13.2 Å². The third kappa shape index (κ3) is 5.77. The highest BCUT2D eigenvalue weighted by Gasteiger charge is 2.40. The van der Waals surface area contributed by atoms with E-state index >= 15 is 0 Å². The molecular formula is C22H17F5O2. The molecule has 0 aliphatic rings. The monoisotopic (exact) mass is 408 g/mol. The number of halogens is 5. The van der Waals surface area contributed by atoms with Crippen molar-refractivity contribution in [2.75, 3.05) is 6.61 Å². The maximum Gasteiger partial charge on any atom is 0.397 e. The summed E-state index contributed by atoms with van der Waals surface area (Å²) in [4.78, 5) is 0. The Morgan fingerprint density at radius 3 is 2.17 bits per heavy atom. The van der Waals surface area contributed by atoms with Gasteiger partial charge in [0.1, 0.15) is 17.5 Å². The molecule has 0 spiro atoms. The van der Waals surface area contributed by atoms with Crippen LogP contribution in [-0.2, 0) is 11.3 Å². The normalized spacial score (nSPS) is 12.6. The zero-order chi connectivity index (χ0) is 20.9. The van der Waals surface area contributed by atoms with Crippen LogP contribution in [-0.4, -0.2) is 12.8 Å². The maximum atomic E-state index is 14.0. The zero-order valence-corrected chi connectivity index (χ0v) is 15.1. The summed E-state index contributed by atoms with van der Waals surface area (Å²) >= 11 is 0. The van der Waals surface area contributed by atoms with Crippen molar-refractivity contribution in [3.05, 3.63) is 95.6 Å². The fourth-order valence-corrected chi connectivity index (χ4v) is 2.70. The second-order valence-corrected chi connectivity index (χ2v) is 6.34. The molecule has 0 aromatic heterocycles. The van der Waals surface area contributed by atoms with E-state index in [9.17, 15) is 22.0 Å². The smallest absolute Gasteiger partial charge is 0.397 e. The van der Waals surface area contributed by atoms with Crippen LogP contribution in [0, 0.1) is 11.6 Å². The van der Waals surface area contributed by atoms with Gasteiger partial charge in [-0.05, 0) is 47.5 Å². The Labute approximate surface area is 164 Å². The van der Waals surface area contributed by atoms with E-state index in [-0.39, 0.29) is 17.9 Å². The minimum atomic E-state index is -4.55. The first-order chi connectivity index (χ1) is 13.8. The Balaban J connectivity index is 1.67. The summed E-state index contributed by atoms with van der Waals surface area (Å²) in [7, 11) is 0. The van der Waals surface area contributed by atoms with Crippen molar-refractivity contribution in [2.45, 2.75) is 18.7 Å². The van der Waals surface area contributed by atoms with Crippen LogP contribution in [0.5, 0.6) is 11.5 Å². The molecule has 0 amide bonds. The highest BCUT2D eigenvalue weighted by molar-refractivity contribution is 5.35. The van der Waals surface area contributed by atoms with Crippen LogP contribution < -0.4 is 4.74 Å². The Morgan fingerprint density at radius 1 is 0.828 bits per heavy atom. The molecule has 152 valence electrons. The fraction of sp³-hybridized carbons (Fsp3) is 0.182. The molecule has 7 heteroatoms. The first kappa shape index (κ1) is 20.8. The molecule has 2 nitrogen and oxygen atoms in total. The zero-order valence-electron chi connectivity index (χ0n) is 15.1. The Bertz CT molecular complexity index is 924. The predicted octanol–water partition coefficient (Wildman–Crippen LogP) is 6.62. The number of alkyl halides is 3. The highest BCUT2D eigenvalue weighted by Crippen LogP contribution is 2.35. The van der Waals surface area contributed by atoms with Gasteiger partial charge < -0.3 is 9.47 Å². The number of hydrogen-bond acceptors (Lipinski definition) is 2. The lowest BCUT2D eigenvalue weighted by Gasteiger charge is -2.21. The van der Waals surface area contributed by atoms with Crippen molar-refractivity contribution in [3.63, 3.8) is 0 Å². The van der Waals surface area contributed by atoms with E-state index in [4.69, 9.17) is 9.47 Å². The minimum Gasteiger partial charge on any atom is -0.454 e. The van der Waals surface area contributed by atoms with E-state index in [2.05, 4.69) is 0 Å². The number of hydrogen-bond donors (Lipinski definition) is 0. The topological polar surface area (TPSA) is 18.5 Å². The Morgan fingerprint density at radius 2 is 1.52 bits per heavy atom. The third-order valence-electron chi connectivity index (χ3n) is 4.19. The fourth-order valence-electron chi connectivity index (χ4n) is 2.70. The SMILES string of the molecule is Fc1ccc(C(COCc2ccc(F)c(Oc3ccccc3)c2)C(F)(F)F)cc1. The van der Waals surface area contributed by atoms with E-state index in [1.54, 1.807) is 30.3 Å². The van der Waals surface area contributed by atoms with E-state index in [1.807, 2.05) is 0 Å². The van der Waals surface area contributed by atoms with Crippen LogP contribution in [0.2, 0.25) is 0 Å². The third-order valence-corrected chi connectivity index (χ3v) is 4.19. The first-order valence-corrected chi connectivity index (χ1v) is 8.74. The molecule has 3 rings (SSSR count). The van der Waals surface area contributed by atoms with Crippen LogP contribution >= 0.6 is 0 Å². The van der Waals surface area contributed by atoms with Gasteiger partial charge in [-0.3, -0.25) is 0 Å². The first-order valence-electron chi connectivity index (χ1n) is 8.74. The van der Waals surface area contributed by atoms with Gasteiger partial charge >= 0.3 is 6.18 Å². The van der Waals surface area contributed by atoms with Gasteiger partial charge in [-0.1, -0.05) is 36.4 Å². The molecule has 1 atom stereocenters. The lowest BCUT2D eigenvalue weighted by Crippen LogP contribution is -2.25. The Hall–Kier alpha value is -2.93. The number of ether oxygens (including phenoxy) is 2. The molecule has 1 unspecified atom stereocenters. The molecule has 0 aliphatic heterocycles. The molecular weight excluding hydrogens is 391 g/mol. The van der Waals surface area contributed by atoms with Crippen molar-refractivity contribution >= 4 is 0 Å². The maximum absolute atomic E-state index is 14.0. The lowest BCUT2D eigenvalue weighted by molar-refractivity contribution is -0.163. The molecule has 0 bridgehead atoms. The van der Waals surface area contributed by atoms with Gasteiger partial charge in [0, 0.05) is 0 Å². The standard InChI is InChI=1S/C22H17F5O2/c23-17-9-7-16(8-10-17)19(22(25,26)27)14-28-13-15-6-11-20(24)21(12-15)29-18-4-2-1-3-5-18/h1-12,19H,13-14H2. The molecule has 0 aliphatic carbocycles. The van der Waals surface area contributed by atoms with E-state index < -0.39 is 30.3 Å². The van der Waals surface area contributed by atoms with Crippen molar-refractivity contribution in [3.8, 4) is 11.5 Å². The molecule has 0 radical (unpaired) electrons. The molecule has 0 heterocycles. The molecule has 0 saturated heterocycles. The van der Waals surface area contributed by atoms with Crippen LogP contribution in [0.3, 0.4) is 0 Å². The molecule has 0 N–H and O–H groups in total. The quantitative estimate of drug-likeness (QED) is 0.409. The van der Waals surface area contributed by atoms with Gasteiger partial charge in [-0.25, -0.2) is 8.78 Å². The molecule has 0 fully saturated rings. The van der Waals surface area contributed by atoms with Crippen LogP contribution in [0.4, 0.5) is 22.0 Å². The van der Waals surface area contributed by atoms with E-state index in [1.165, 1.54) is 12.1 Å². The second-order valence-electron chi connectivity index (χ2n) is 6.34. The average molecular weight is 408 g/mol. The second kappa shape index (κ2) is 9.05. The van der Waals surface area contributed by atoms with Gasteiger partial charge in [0.25, 0.3) is 0 Å². The average Bonchev–Trinajstić information content (AvgIpc) is 2.68. The Kier molecular flexibility index (Phi) is 6.49. The number of para-hydroxylation sites is 1. The van der Waals surface area contributed by atoms with Gasteiger partial charge in [-0.15, -0.1) is 0 Å². The van der Waals surface area contributed by atoms with E-state index in [0.29, 0.717) is 11.3 Å². The summed E-state index contributed by atoms with van der Waals surface area (Å²) in [5.41, 5.74) is 0.364. The summed E-state index contributed by atoms with van der Waals surface area (Å²) in [5.74, 6) is -2.74. The lowest BCUT2D eigenvalue weighted by atomic mass is 9.99. The molecule has 3 aromatic rings. The number of benzene rings is 3. The van der Waals surface area contributed by atoms with Crippen LogP contribution in [0.25, 0.3) is 0 Å². The summed E-state index contributed by atoms with van der Waals surface area (Å²) in [5, 5.41) is 0. The van der Waals surface area contributed by atoms with Gasteiger partial charge in [0.05, 0.1) is 13.2 Å². The van der Waals surface area contributed by atoms with Crippen molar-refractivity contribution in [1.29, 1.82) is 0 Å². The molecule has 29 heavy (non-hydrogen) atoms. The number of rotatable bonds is 7. The van der Waals surface area contributed by atoms with E-state index in [0.717, 1.165) is 30.3 Å².